The molecular formula is C12H19NO5S. The summed E-state index contributed by atoms with van der Waals surface area (Å²) in [4.78, 5) is 0.131. The van der Waals surface area contributed by atoms with Crippen molar-refractivity contribution in [2.75, 3.05) is 26.9 Å². The van der Waals surface area contributed by atoms with Crippen LogP contribution in [0.5, 0.6) is 5.75 Å². The molecule has 0 spiro atoms. The molecule has 108 valence electrons. The lowest BCUT2D eigenvalue weighted by Crippen LogP contribution is -2.34. The van der Waals surface area contributed by atoms with Crippen LogP contribution in [0.15, 0.2) is 29.2 Å². The van der Waals surface area contributed by atoms with Gasteiger partial charge in [-0.3, -0.25) is 0 Å². The van der Waals surface area contributed by atoms with Gasteiger partial charge in [0.2, 0.25) is 10.0 Å². The van der Waals surface area contributed by atoms with Gasteiger partial charge in [0, 0.05) is 13.2 Å². The first kappa shape index (κ1) is 15.9. The van der Waals surface area contributed by atoms with Crippen LogP contribution < -0.4 is 9.46 Å². The summed E-state index contributed by atoms with van der Waals surface area (Å²) < 4.78 is 36.3. The molecule has 0 radical (unpaired) electrons. The van der Waals surface area contributed by atoms with Gasteiger partial charge in [0.15, 0.2) is 0 Å². The predicted molar refractivity (Wildman–Crippen MR) is 70.7 cm³/mol. The highest BCUT2D eigenvalue weighted by molar-refractivity contribution is 7.89. The number of sulfonamides is 1. The molecule has 6 nitrogen and oxygen atoms in total. The van der Waals surface area contributed by atoms with Gasteiger partial charge < -0.3 is 14.6 Å². The molecule has 0 aromatic heterocycles. The molecule has 1 rings (SSSR count). The summed E-state index contributed by atoms with van der Waals surface area (Å²) in [6, 6.07) is 5.53. The van der Waals surface area contributed by atoms with Crippen molar-refractivity contribution in [1.29, 1.82) is 0 Å². The summed E-state index contributed by atoms with van der Waals surface area (Å²) in [5, 5.41) is 8.85. The number of aliphatic hydroxyl groups excluding tert-OH is 1. The largest absolute Gasteiger partial charge is 0.491 e. The van der Waals surface area contributed by atoms with Gasteiger partial charge in [0.1, 0.15) is 12.4 Å². The molecule has 0 saturated heterocycles. The molecule has 1 aromatic rings. The van der Waals surface area contributed by atoms with Crippen LogP contribution >= 0.6 is 0 Å². The number of ether oxygens (including phenoxy) is 2. The van der Waals surface area contributed by atoms with Gasteiger partial charge in [-0.15, -0.1) is 0 Å². The fraction of sp³-hybridized carbons (Fsp3) is 0.500. The molecule has 0 aliphatic heterocycles. The van der Waals surface area contributed by atoms with Gasteiger partial charge in [-0.25, -0.2) is 13.1 Å². The molecule has 0 fully saturated rings. The van der Waals surface area contributed by atoms with Crippen molar-refractivity contribution in [2.24, 2.45) is 0 Å². The highest BCUT2D eigenvalue weighted by atomic mass is 32.2. The number of hydrogen-bond donors (Lipinski definition) is 2. The van der Waals surface area contributed by atoms with Crippen molar-refractivity contribution in [1.82, 2.24) is 4.72 Å². The van der Waals surface area contributed by atoms with Crippen molar-refractivity contribution >= 4 is 10.0 Å². The first-order valence-corrected chi connectivity index (χ1v) is 7.33. The molecule has 1 aromatic carbocycles. The Morgan fingerprint density at radius 1 is 1.26 bits per heavy atom. The molecule has 0 heterocycles. The molecule has 0 unspecified atom stereocenters. The minimum Gasteiger partial charge on any atom is -0.491 e. The van der Waals surface area contributed by atoms with Crippen LogP contribution in [0.2, 0.25) is 0 Å². The zero-order chi connectivity index (χ0) is 14.3. The Kier molecular flexibility index (Phi) is 6.23. The van der Waals surface area contributed by atoms with Crippen molar-refractivity contribution in [3.63, 3.8) is 0 Å². The molecule has 0 amide bonds. The Bertz CT molecular complexity index is 471. The molecular weight excluding hydrogens is 270 g/mol. The molecule has 7 heteroatoms. The second-order valence-corrected chi connectivity index (χ2v) is 5.73. The summed E-state index contributed by atoms with van der Waals surface area (Å²) in [7, 11) is -2.03. The van der Waals surface area contributed by atoms with E-state index in [1.54, 1.807) is 26.2 Å². The van der Waals surface area contributed by atoms with Gasteiger partial charge in [-0.2, -0.15) is 0 Å². The third-order valence-corrected chi connectivity index (χ3v) is 3.93. The van der Waals surface area contributed by atoms with Gasteiger partial charge >= 0.3 is 0 Å². The van der Waals surface area contributed by atoms with Crippen molar-refractivity contribution in [3.05, 3.63) is 24.3 Å². The summed E-state index contributed by atoms with van der Waals surface area (Å²) in [5.41, 5.74) is 0. The lowest BCUT2D eigenvalue weighted by Gasteiger charge is -2.12. The first-order chi connectivity index (χ1) is 8.99. The monoisotopic (exact) mass is 289 g/mol. The summed E-state index contributed by atoms with van der Waals surface area (Å²) >= 11 is 0. The average Bonchev–Trinajstić information content (AvgIpc) is 2.39. The van der Waals surface area contributed by atoms with E-state index < -0.39 is 16.1 Å². The number of aliphatic hydroxyl groups is 1. The Morgan fingerprint density at radius 2 is 1.89 bits per heavy atom. The van der Waals surface area contributed by atoms with E-state index in [4.69, 9.17) is 14.6 Å². The van der Waals surface area contributed by atoms with Gasteiger partial charge in [-0.05, 0) is 31.2 Å². The maximum atomic E-state index is 11.9. The SMILES string of the molecule is COCCOc1ccc(S(=O)(=O)N[C@H](C)CO)cc1. The topological polar surface area (TPSA) is 84.9 Å². The van der Waals surface area contributed by atoms with E-state index in [-0.39, 0.29) is 11.5 Å². The van der Waals surface area contributed by atoms with Crippen LogP contribution in [-0.4, -0.2) is 46.5 Å². The normalized spacial score (nSPS) is 13.2. The average molecular weight is 289 g/mol. The Morgan fingerprint density at radius 3 is 2.42 bits per heavy atom. The van der Waals surface area contributed by atoms with Crippen LogP contribution in [0, 0.1) is 0 Å². The lowest BCUT2D eigenvalue weighted by atomic mass is 10.3. The van der Waals surface area contributed by atoms with Crippen molar-refractivity contribution in [2.45, 2.75) is 17.9 Å². The maximum absolute atomic E-state index is 11.9. The van der Waals surface area contributed by atoms with Crippen LogP contribution in [0.25, 0.3) is 0 Å². The Labute approximate surface area is 113 Å². The highest BCUT2D eigenvalue weighted by Gasteiger charge is 2.16. The molecule has 2 N–H and O–H groups in total. The lowest BCUT2D eigenvalue weighted by molar-refractivity contribution is 0.146. The minimum absolute atomic E-state index is 0.131. The van der Waals surface area contributed by atoms with Crippen molar-refractivity contribution < 1.29 is 23.0 Å². The smallest absolute Gasteiger partial charge is 0.240 e. The Hall–Kier alpha value is -1.15. The van der Waals surface area contributed by atoms with E-state index in [0.29, 0.717) is 19.0 Å². The van der Waals surface area contributed by atoms with E-state index in [1.165, 1.54) is 12.1 Å². The second kappa shape index (κ2) is 7.44. The number of methoxy groups -OCH3 is 1. The Balaban J connectivity index is 2.69. The molecule has 0 saturated carbocycles. The standard InChI is InChI=1S/C12H19NO5S/c1-10(9-14)13-19(15,16)12-5-3-11(4-6-12)18-8-7-17-2/h3-6,10,13-14H,7-9H2,1-2H3/t10-/m1/s1. The fourth-order valence-electron chi connectivity index (χ4n) is 1.33. The fourth-order valence-corrected chi connectivity index (χ4v) is 2.56. The molecule has 0 bridgehead atoms. The van der Waals surface area contributed by atoms with Gasteiger partial charge in [0.25, 0.3) is 0 Å². The molecule has 1 atom stereocenters. The minimum atomic E-state index is -3.60. The summed E-state index contributed by atoms with van der Waals surface area (Å²) in [6.07, 6.45) is 0. The van der Waals surface area contributed by atoms with E-state index in [0.717, 1.165) is 0 Å². The van der Waals surface area contributed by atoms with E-state index in [9.17, 15) is 8.42 Å². The van der Waals surface area contributed by atoms with Crippen LogP contribution in [-0.2, 0) is 14.8 Å². The van der Waals surface area contributed by atoms with E-state index in [1.807, 2.05) is 0 Å². The molecule has 0 aliphatic rings. The van der Waals surface area contributed by atoms with Crippen molar-refractivity contribution in [3.8, 4) is 5.75 Å². The second-order valence-electron chi connectivity index (χ2n) is 4.02. The van der Waals surface area contributed by atoms with E-state index in [2.05, 4.69) is 4.72 Å². The third-order valence-electron chi connectivity index (χ3n) is 2.32. The zero-order valence-electron chi connectivity index (χ0n) is 11.0. The summed E-state index contributed by atoms with van der Waals surface area (Å²) in [5.74, 6) is 0.575. The van der Waals surface area contributed by atoms with Crippen LogP contribution in [0.4, 0.5) is 0 Å². The molecule has 19 heavy (non-hydrogen) atoms. The van der Waals surface area contributed by atoms with Gasteiger partial charge in [-0.1, -0.05) is 0 Å². The van der Waals surface area contributed by atoms with E-state index >= 15 is 0 Å². The predicted octanol–water partition coefficient (Wildman–Crippen LogP) is 0.371. The first-order valence-electron chi connectivity index (χ1n) is 5.84. The number of rotatable bonds is 8. The number of hydrogen-bond acceptors (Lipinski definition) is 5. The van der Waals surface area contributed by atoms with Crippen LogP contribution in [0.1, 0.15) is 6.92 Å². The number of benzene rings is 1. The zero-order valence-corrected chi connectivity index (χ0v) is 11.8. The maximum Gasteiger partial charge on any atom is 0.240 e. The highest BCUT2D eigenvalue weighted by Crippen LogP contribution is 2.16. The third kappa shape index (κ3) is 5.15. The number of nitrogens with one attached hydrogen (secondary N) is 1. The van der Waals surface area contributed by atoms with Gasteiger partial charge in [0.05, 0.1) is 18.1 Å². The quantitative estimate of drug-likeness (QED) is 0.675. The molecule has 0 aliphatic carbocycles. The summed E-state index contributed by atoms with van der Waals surface area (Å²) in [6.45, 7) is 2.20. The van der Waals surface area contributed by atoms with Crippen LogP contribution in [0.3, 0.4) is 0 Å².